The van der Waals surface area contributed by atoms with E-state index in [4.69, 9.17) is 19.9 Å². The molecule has 0 fully saturated rings. The largest absolute Gasteiger partial charge is 0.497 e. The first kappa shape index (κ1) is 24.1. The number of amides is 1. The van der Waals surface area contributed by atoms with Crippen LogP contribution in [0.1, 0.15) is 29.3 Å². The van der Waals surface area contributed by atoms with Crippen LogP contribution < -0.4 is 15.4 Å². The zero-order chi connectivity index (χ0) is 24.8. The molecule has 182 valence electrons. The van der Waals surface area contributed by atoms with Crippen LogP contribution in [-0.4, -0.2) is 41.6 Å². The van der Waals surface area contributed by atoms with Crippen molar-refractivity contribution in [3.8, 4) is 5.75 Å². The Balaban J connectivity index is 1.67. The smallest absolute Gasteiger partial charge is 0.257 e. The number of rotatable bonds is 1. The van der Waals surface area contributed by atoms with Crippen molar-refractivity contribution in [2.24, 2.45) is 5.92 Å². The molecule has 0 saturated carbocycles. The van der Waals surface area contributed by atoms with Crippen LogP contribution in [0.4, 0.5) is 5.95 Å². The molecular weight excluding hydrogens is 442 g/mol. The number of ether oxygens (including phenoxy) is 2. The van der Waals surface area contributed by atoms with Gasteiger partial charge in [-0.15, -0.1) is 0 Å². The number of anilines is 1. The van der Waals surface area contributed by atoms with Gasteiger partial charge in [-0.3, -0.25) is 15.5 Å². The Morgan fingerprint density at radius 1 is 1.23 bits per heavy atom. The number of imidazole rings is 1. The molecule has 1 aliphatic heterocycles. The van der Waals surface area contributed by atoms with Crippen molar-refractivity contribution in [1.29, 1.82) is 5.41 Å². The number of nitrogens with one attached hydrogen (secondary N) is 3. The summed E-state index contributed by atoms with van der Waals surface area (Å²) in [5.41, 5.74) is 3.96. The normalized spacial score (nSPS) is 18.8. The Morgan fingerprint density at radius 3 is 2.91 bits per heavy atom. The van der Waals surface area contributed by atoms with E-state index in [9.17, 15) is 4.79 Å². The van der Waals surface area contributed by atoms with Gasteiger partial charge in [0.2, 0.25) is 11.8 Å². The van der Waals surface area contributed by atoms with Crippen molar-refractivity contribution in [3.63, 3.8) is 0 Å². The number of benzene rings is 2. The molecule has 1 aromatic heterocycles. The molecule has 0 aliphatic carbocycles. The van der Waals surface area contributed by atoms with E-state index in [0.717, 1.165) is 29.4 Å². The third-order valence-electron chi connectivity index (χ3n) is 5.93. The van der Waals surface area contributed by atoms with Crippen LogP contribution in [0.2, 0.25) is 0 Å². The van der Waals surface area contributed by atoms with Crippen LogP contribution in [-0.2, 0) is 17.7 Å². The lowest BCUT2D eigenvalue weighted by Crippen LogP contribution is -2.19. The second-order valence-corrected chi connectivity index (χ2v) is 8.70. The number of fused-ring (bicyclic) bond motifs is 5. The number of carbonyl (C=O) groups is 1. The van der Waals surface area contributed by atoms with E-state index in [-0.39, 0.29) is 17.7 Å². The number of hydrogen-bond donors (Lipinski definition) is 3. The third kappa shape index (κ3) is 6.09. The Kier molecular flexibility index (Phi) is 7.50. The predicted octanol–water partition coefficient (Wildman–Crippen LogP) is 4.53. The van der Waals surface area contributed by atoms with Gasteiger partial charge < -0.3 is 19.4 Å². The lowest BCUT2D eigenvalue weighted by molar-refractivity contribution is 0.102. The summed E-state index contributed by atoms with van der Waals surface area (Å²) in [4.78, 5) is 17.9. The zero-order valence-corrected chi connectivity index (χ0v) is 20.1. The predicted molar refractivity (Wildman–Crippen MR) is 138 cm³/mol. The quantitative estimate of drug-likeness (QED) is 0.482. The highest BCUT2D eigenvalue weighted by molar-refractivity contribution is 6.04. The fourth-order valence-corrected chi connectivity index (χ4v) is 3.98. The minimum atomic E-state index is -0.210. The highest BCUT2D eigenvalue weighted by atomic mass is 16.5. The molecular formula is C27H31N5O3. The second kappa shape index (κ2) is 10.9. The maximum Gasteiger partial charge on any atom is 0.257 e. The number of methoxy groups -OCH3 is 1. The Labute approximate surface area is 205 Å². The summed E-state index contributed by atoms with van der Waals surface area (Å²) < 4.78 is 13.0. The van der Waals surface area contributed by atoms with E-state index in [1.165, 1.54) is 0 Å². The van der Waals surface area contributed by atoms with Crippen molar-refractivity contribution < 1.29 is 14.3 Å². The molecule has 0 saturated heterocycles. The molecule has 2 aromatic carbocycles. The van der Waals surface area contributed by atoms with Gasteiger partial charge in [-0.25, -0.2) is 4.98 Å². The Morgan fingerprint density at radius 2 is 2.09 bits per heavy atom. The summed E-state index contributed by atoms with van der Waals surface area (Å²) in [5, 5.41) is 14.3. The van der Waals surface area contributed by atoms with Gasteiger partial charge in [0.05, 0.1) is 24.8 Å². The molecule has 3 aromatic rings. The summed E-state index contributed by atoms with van der Waals surface area (Å²) in [6.07, 6.45) is 4.80. The first-order valence-electron chi connectivity index (χ1n) is 11.7. The third-order valence-corrected chi connectivity index (χ3v) is 5.93. The molecule has 8 heteroatoms. The highest BCUT2D eigenvalue weighted by Gasteiger charge is 2.17. The van der Waals surface area contributed by atoms with Gasteiger partial charge in [-0.2, -0.15) is 0 Å². The minimum absolute atomic E-state index is 0.0962. The van der Waals surface area contributed by atoms with Gasteiger partial charge in [0, 0.05) is 36.5 Å². The molecule has 1 unspecified atom stereocenters. The molecule has 1 aliphatic rings. The zero-order valence-electron chi connectivity index (χ0n) is 20.1. The van der Waals surface area contributed by atoms with Gasteiger partial charge in [-0.1, -0.05) is 25.6 Å². The summed E-state index contributed by atoms with van der Waals surface area (Å²) in [6, 6.07) is 13.3. The van der Waals surface area contributed by atoms with Crippen molar-refractivity contribution in [1.82, 2.24) is 14.9 Å². The Hall–Kier alpha value is -4.07. The number of aromatic nitrogens is 2. The number of nitrogens with zero attached hydrogens (tertiary/aromatic N) is 2. The summed E-state index contributed by atoms with van der Waals surface area (Å²) >= 11 is 0. The van der Waals surface area contributed by atoms with Gasteiger partial charge in [0.15, 0.2) is 0 Å². The van der Waals surface area contributed by atoms with Crippen molar-refractivity contribution in [2.45, 2.75) is 26.3 Å². The molecule has 8 nitrogen and oxygen atoms in total. The standard InChI is InChI=1S/C27H31N5O3/c1-18-12-14-35-25(28)10-7-19(2)29-13-11-20-5-4-6-21(15-20)26(33)31-27-30-23-16-22(34-3)8-9-24(23)32(27)17-18/h4-10,15-16,18,28-29H,2,11-14,17H2,1,3H3,(H,30,31,33)/b10-7-,28-25?. The molecule has 2 heterocycles. The van der Waals surface area contributed by atoms with Crippen molar-refractivity contribution >= 4 is 28.8 Å². The van der Waals surface area contributed by atoms with E-state index in [0.29, 0.717) is 42.7 Å². The van der Waals surface area contributed by atoms with Gasteiger partial charge >= 0.3 is 0 Å². The van der Waals surface area contributed by atoms with Crippen LogP contribution in [0.5, 0.6) is 5.75 Å². The molecule has 0 spiro atoms. The van der Waals surface area contributed by atoms with Crippen molar-refractivity contribution in [3.05, 3.63) is 78.0 Å². The van der Waals surface area contributed by atoms with E-state index >= 15 is 0 Å². The summed E-state index contributed by atoms with van der Waals surface area (Å²) in [5.74, 6) is 1.29. The molecule has 35 heavy (non-hydrogen) atoms. The van der Waals surface area contributed by atoms with Crippen LogP contribution in [0, 0.1) is 11.3 Å². The fourth-order valence-electron chi connectivity index (χ4n) is 3.98. The van der Waals surface area contributed by atoms with E-state index in [2.05, 4.69) is 24.1 Å². The molecule has 2 bridgehead atoms. The average molecular weight is 474 g/mol. The fraction of sp³-hybridized carbons (Fsp3) is 0.296. The molecule has 1 atom stereocenters. The minimum Gasteiger partial charge on any atom is -0.497 e. The molecule has 3 N–H and O–H groups in total. The molecule has 1 amide bonds. The highest BCUT2D eigenvalue weighted by Crippen LogP contribution is 2.26. The van der Waals surface area contributed by atoms with E-state index in [1.807, 2.05) is 41.0 Å². The maximum atomic E-state index is 13.2. The van der Waals surface area contributed by atoms with Gasteiger partial charge in [0.25, 0.3) is 5.91 Å². The maximum absolute atomic E-state index is 13.2. The number of carbonyl (C=O) groups excluding carboxylic acids is 1. The average Bonchev–Trinajstić information content (AvgIpc) is 3.18. The van der Waals surface area contributed by atoms with Gasteiger partial charge in [0.1, 0.15) is 5.75 Å². The Bertz CT molecular complexity index is 1280. The topological polar surface area (TPSA) is 101 Å². The van der Waals surface area contributed by atoms with E-state index in [1.54, 1.807) is 25.3 Å². The molecule has 0 radical (unpaired) electrons. The first-order chi connectivity index (χ1) is 16.9. The van der Waals surface area contributed by atoms with E-state index < -0.39 is 0 Å². The van der Waals surface area contributed by atoms with Crippen LogP contribution in [0.15, 0.2) is 66.9 Å². The summed E-state index contributed by atoms with van der Waals surface area (Å²) in [7, 11) is 1.62. The number of hydrogen-bond acceptors (Lipinski definition) is 6. The van der Waals surface area contributed by atoms with Gasteiger partial charge in [-0.05, 0) is 54.7 Å². The lowest BCUT2D eigenvalue weighted by atomic mass is 10.1. The summed E-state index contributed by atoms with van der Waals surface area (Å²) in [6.45, 7) is 7.78. The number of allylic oxidation sites excluding steroid dienone is 1. The lowest BCUT2D eigenvalue weighted by Gasteiger charge is -2.16. The molecule has 4 rings (SSSR count). The van der Waals surface area contributed by atoms with Crippen molar-refractivity contribution in [2.75, 3.05) is 25.6 Å². The SMILES string of the molecule is C=C1/C=C\C(=N)OCCC(C)Cn2c(nc3cc(OC)ccc32)NC(=O)c2cccc(c2)CCN1. The monoisotopic (exact) mass is 473 g/mol. The van der Waals surface area contributed by atoms with Crippen LogP contribution in [0.25, 0.3) is 11.0 Å². The second-order valence-electron chi connectivity index (χ2n) is 8.70. The first-order valence-corrected chi connectivity index (χ1v) is 11.7. The van der Waals surface area contributed by atoms with Crippen LogP contribution in [0.3, 0.4) is 0 Å². The van der Waals surface area contributed by atoms with Crippen LogP contribution >= 0.6 is 0 Å².